The molecule has 0 unspecified atom stereocenters. The molecule has 5 nitrogen and oxygen atoms in total. The van der Waals surface area contributed by atoms with Crippen molar-refractivity contribution < 1.29 is 19.4 Å². The number of amides is 1. The number of carbonyl (C=O) groups is 2. The van der Waals surface area contributed by atoms with Crippen molar-refractivity contribution >= 4 is 11.9 Å². The van der Waals surface area contributed by atoms with Crippen molar-refractivity contribution in [3.63, 3.8) is 0 Å². The van der Waals surface area contributed by atoms with Gasteiger partial charge in [-0.15, -0.1) is 0 Å². The van der Waals surface area contributed by atoms with Crippen molar-refractivity contribution in [2.45, 2.75) is 58.4 Å². The molecule has 2 N–H and O–H groups in total. The first-order valence-corrected chi connectivity index (χ1v) is 10.6. The lowest BCUT2D eigenvalue weighted by Gasteiger charge is -2.62. The largest absolute Gasteiger partial charge is 0.496 e. The van der Waals surface area contributed by atoms with E-state index in [0.717, 1.165) is 25.2 Å². The molecule has 1 aromatic carbocycles. The van der Waals surface area contributed by atoms with Crippen LogP contribution in [0.3, 0.4) is 0 Å². The number of carbonyl (C=O) groups excluding carboxylic acids is 1. The summed E-state index contributed by atoms with van der Waals surface area (Å²) in [6, 6.07) is 7.50. The minimum Gasteiger partial charge on any atom is -0.496 e. The Labute approximate surface area is 173 Å². The number of methoxy groups -OCH3 is 1. The highest BCUT2D eigenvalue weighted by Crippen LogP contribution is 2.61. The molecule has 3 saturated carbocycles. The molecule has 3 fully saturated rings. The molecule has 158 valence electrons. The van der Waals surface area contributed by atoms with E-state index in [9.17, 15) is 9.59 Å². The molecule has 2 bridgehead atoms. The Morgan fingerprint density at radius 2 is 2.00 bits per heavy atom. The average Bonchev–Trinajstić information content (AvgIpc) is 2.70. The smallest absolute Gasteiger partial charge is 0.303 e. The summed E-state index contributed by atoms with van der Waals surface area (Å²) in [5.41, 5.74) is 0.845. The average molecular weight is 400 g/mol. The molecular formula is C24H33NO4. The van der Waals surface area contributed by atoms with Crippen LogP contribution in [0.15, 0.2) is 36.4 Å². The van der Waals surface area contributed by atoms with E-state index < -0.39 is 5.97 Å². The predicted octanol–water partition coefficient (Wildman–Crippen LogP) is 4.68. The quantitative estimate of drug-likeness (QED) is 0.467. The van der Waals surface area contributed by atoms with Gasteiger partial charge in [0.1, 0.15) is 5.75 Å². The van der Waals surface area contributed by atoms with Crippen LogP contribution in [0.1, 0.15) is 62.7 Å². The van der Waals surface area contributed by atoms with Crippen LogP contribution in [0.4, 0.5) is 0 Å². The second kappa shape index (κ2) is 9.02. The second-order valence-electron chi connectivity index (χ2n) is 9.05. The molecule has 29 heavy (non-hydrogen) atoms. The summed E-state index contributed by atoms with van der Waals surface area (Å²) in [6.45, 7) is 4.65. The van der Waals surface area contributed by atoms with Crippen LogP contribution >= 0.6 is 0 Å². The molecule has 0 spiro atoms. The molecule has 4 atom stereocenters. The SMILES string of the molecule is COc1ccccc1C(=O)N[C@@H]1[C@@H](C/C=C\CCCC(=O)O)C[C@H]2C[C@@H]1C2(C)C. The Balaban J connectivity index is 1.66. The summed E-state index contributed by atoms with van der Waals surface area (Å²) < 4.78 is 5.37. The number of allylic oxidation sites excluding steroid dienone is 2. The molecule has 1 amide bonds. The molecule has 3 aliphatic carbocycles. The first kappa shape index (κ1) is 21.4. The maximum atomic E-state index is 13.0. The third-order valence-corrected chi connectivity index (χ3v) is 7.09. The van der Waals surface area contributed by atoms with Gasteiger partial charge in [-0.2, -0.15) is 0 Å². The Hall–Kier alpha value is -2.30. The zero-order valence-electron chi connectivity index (χ0n) is 17.7. The normalized spacial score (nSPS) is 27.3. The van der Waals surface area contributed by atoms with Crippen LogP contribution in [0.5, 0.6) is 5.75 Å². The third kappa shape index (κ3) is 4.65. The van der Waals surface area contributed by atoms with Crippen molar-refractivity contribution in [2.24, 2.45) is 23.2 Å². The number of carboxylic acid groups (broad SMARTS) is 1. The van der Waals surface area contributed by atoms with E-state index >= 15 is 0 Å². The number of rotatable bonds is 9. The number of benzene rings is 1. The first-order valence-electron chi connectivity index (χ1n) is 10.6. The minimum absolute atomic E-state index is 0.0657. The Bertz CT molecular complexity index is 770. The van der Waals surface area contributed by atoms with Crippen molar-refractivity contribution in [3.8, 4) is 5.75 Å². The number of carboxylic acids is 1. The molecule has 0 heterocycles. The van der Waals surface area contributed by atoms with E-state index in [4.69, 9.17) is 9.84 Å². The molecule has 0 saturated heterocycles. The van der Waals surface area contributed by atoms with Crippen LogP contribution in [0.25, 0.3) is 0 Å². The van der Waals surface area contributed by atoms with Gasteiger partial charge in [0.15, 0.2) is 0 Å². The van der Waals surface area contributed by atoms with Gasteiger partial charge in [0.25, 0.3) is 5.91 Å². The summed E-state index contributed by atoms with van der Waals surface area (Å²) in [4.78, 5) is 23.6. The minimum atomic E-state index is -0.743. The third-order valence-electron chi connectivity index (χ3n) is 7.09. The molecule has 3 aliphatic rings. The van der Waals surface area contributed by atoms with Crippen molar-refractivity contribution in [3.05, 3.63) is 42.0 Å². The van der Waals surface area contributed by atoms with E-state index in [2.05, 4.69) is 31.3 Å². The van der Waals surface area contributed by atoms with Gasteiger partial charge in [0.2, 0.25) is 0 Å². The van der Waals surface area contributed by atoms with E-state index in [0.29, 0.717) is 29.6 Å². The van der Waals surface area contributed by atoms with E-state index in [-0.39, 0.29) is 23.8 Å². The van der Waals surface area contributed by atoms with Crippen LogP contribution in [0.2, 0.25) is 0 Å². The second-order valence-corrected chi connectivity index (χ2v) is 9.05. The highest BCUT2D eigenvalue weighted by atomic mass is 16.5. The van der Waals surface area contributed by atoms with Gasteiger partial charge in [-0.25, -0.2) is 0 Å². The summed E-state index contributed by atoms with van der Waals surface area (Å²) in [7, 11) is 1.59. The maximum Gasteiger partial charge on any atom is 0.303 e. The van der Waals surface area contributed by atoms with Crippen LogP contribution in [0, 0.1) is 23.2 Å². The number of ether oxygens (including phenoxy) is 1. The number of hydrogen-bond acceptors (Lipinski definition) is 3. The summed E-state index contributed by atoms with van der Waals surface area (Å²) in [6.07, 6.45) is 9.16. The van der Waals surface area contributed by atoms with Gasteiger partial charge in [0, 0.05) is 12.5 Å². The van der Waals surface area contributed by atoms with Gasteiger partial charge in [-0.05, 0) is 67.4 Å². The van der Waals surface area contributed by atoms with Gasteiger partial charge in [0.05, 0.1) is 12.7 Å². The zero-order chi connectivity index (χ0) is 21.0. The fraction of sp³-hybridized carbons (Fsp3) is 0.583. The highest BCUT2D eigenvalue weighted by molar-refractivity contribution is 5.97. The van der Waals surface area contributed by atoms with Gasteiger partial charge in [-0.3, -0.25) is 9.59 Å². The molecule has 1 aromatic rings. The summed E-state index contributed by atoms with van der Waals surface area (Å²) in [5.74, 6) is 1.42. The molecule has 0 aliphatic heterocycles. The standard InChI is InChI=1S/C24H33NO4/c1-24(2)17-14-16(10-6-4-5-7-13-21(26)27)22(19(24)15-17)25-23(28)18-11-8-9-12-20(18)29-3/h4,6,8-9,11-12,16-17,19,22H,5,7,10,13-15H2,1-3H3,(H,25,28)(H,26,27)/b6-4-/t16-,17-,19-,22+/m0/s1. The van der Waals surface area contributed by atoms with Crippen LogP contribution < -0.4 is 10.1 Å². The lowest BCUT2D eigenvalue weighted by Crippen LogP contribution is -2.63. The Morgan fingerprint density at radius 1 is 1.24 bits per heavy atom. The van der Waals surface area contributed by atoms with E-state index in [1.807, 2.05) is 24.3 Å². The van der Waals surface area contributed by atoms with E-state index in [1.165, 1.54) is 6.42 Å². The Morgan fingerprint density at radius 3 is 2.69 bits per heavy atom. The molecule has 4 rings (SSSR count). The lowest BCUT2D eigenvalue weighted by atomic mass is 9.44. The fourth-order valence-corrected chi connectivity index (χ4v) is 5.19. The fourth-order valence-electron chi connectivity index (χ4n) is 5.19. The summed E-state index contributed by atoms with van der Waals surface area (Å²) >= 11 is 0. The van der Waals surface area contributed by atoms with Gasteiger partial charge >= 0.3 is 5.97 Å². The van der Waals surface area contributed by atoms with Crippen molar-refractivity contribution in [1.82, 2.24) is 5.32 Å². The monoisotopic (exact) mass is 399 g/mol. The van der Waals surface area contributed by atoms with Crippen LogP contribution in [-0.4, -0.2) is 30.1 Å². The topological polar surface area (TPSA) is 75.6 Å². The number of nitrogens with one attached hydrogen (secondary N) is 1. The molecule has 5 heteroatoms. The lowest BCUT2D eigenvalue weighted by molar-refractivity contribution is -0.137. The number of para-hydroxylation sites is 1. The number of aliphatic carboxylic acids is 1. The molecular weight excluding hydrogens is 366 g/mol. The predicted molar refractivity (Wildman–Crippen MR) is 113 cm³/mol. The first-order chi connectivity index (χ1) is 13.8. The molecule has 0 radical (unpaired) electrons. The van der Waals surface area contributed by atoms with Crippen molar-refractivity contribution in [1.29, 1.82) is 0 Å². The highest BCUT2D eigenvalue weighted by Gasteiger charge is 2.57. The summed E-state index contributed by atoms with van der Waals surface area (Å²) in [5, 5.41) is 12.1. The van der Waals surface area contributed by atoms with Gasteiger partial charge < -0.3 is 15.2 Å². The zero-order valence-corrected chi connectivity index (χ0v) is 17.7. The number of unbranched alkanes of at least 4 members (excludes halogenated alkanes) is 1. The van der Waals surface area contributed by atoms with Crippen LogP contribution in [-0.2, 0) is 4.79 Å². The number of fused-ring (bicyclic) bond motifs is 2. The maximum absolute atomic E-state index is 13.0. The van der Waals surface area contributed by atoms with E-state index in [1.54, 1.807) is 7.11 Å². The van der Waals surface area contributed by atoms with Gasteiger partial charge in [-0.1, -0.05) is 38.1 Å². The molecule has 0 aromatic heterocycles. The Kier molecular flexibility index (Phi) is 6.66. The number of hydrogen-bond donors (Lipinski definition) is 2. The van der Waals surface area contributed by atoms with Crippen molar-refractivity contribution in [2.75, 3.05) is 7.11 Å².